The molecule has 0 spiro atoms. The van der Waals surface area contributed by atoms with Gasteiger partial charge in [0.15, 0.2) is 9.84 Å². The molecule has 1 heterocycles. The Hall–Kier alpha value is -1.40. The van der Waals surface area contributed by atoms with E-state index in [0.717, 1.165) is 32.3 Å². The first-order valence-electron chi connectivity index (χ1n) is 7.13. The summed E-state index contributed by atoms with van der Waals surface area (Å²) in [6.07, 6.45) is 2.10. The first kappa shape index (κ1) is 16.0. The van der Waals surface area contributed by atoms with Crippen LogP contribution in [0.4, 0.5) is 0 Å². The molecule has 5 nitrogen and oxygen atoms in total. The fourth-order valence-electron chi connectivity index (χ4n) is 2.42. The van der Waals surface area contributed by atoms with Crippen LogP contribution < -0.4 is 5.32 Å². The minimum atomic E-state index is -3.32. The molecule has 0 radical (unpaired) electrons. The van der Waals surface area contributed by atoms with Crippen molar-refractivity contribution in [3.05, 3.63) is 35.4 Å². The van der Waals surface area contributed by atoms with Crippen LogP contribution in [0.5, 0.6) is 0 Å². The van der Waals surface area contributed by atoms with Gasteiger partial charge in [-0.05, 0) is 24.5 Å². The third-order valence-corrected chi connectivity index (χ3v) is 5.45. The van der Waals surface area contributed by atoms with E-state index >= 15 is 0 Å². The molecule has 1 aromatic carbocycles. The number of nitrogens with one attached hydrogen (secondary N) is 1. The summed E-state index contributed by atoms with van der Waals surface area (Å²) in [5, 5.41) is 1.71. The van der Waals surface area contributed by atoms with Crippen LogP contribution in [0.3, 0.4) is 0 Å². The summed E-state index contributed by atoms with van der Waals surface area (Å²) in [5.74, 6) is -0.421. The van der Waals surface area contributed by atoms with Gasteiger partial charge in [-0.2, -0.15) is 0 Å². The fraction of sp³-hybridized carbons (Fsp3) is 0.533. The molecule has 0 aromatic heterocycles. The van der Waals surface area contributed by atoms with Crippen LogP contribution in [0.2, 0.25) is 0 Å². The maximum absolute atomic E-state index is 11.7. The van der Waals surface area contributed by atoms with Gasteiger partial charge >= 0.3 is 0 Å². The lowest BCUT2D eigenvalue weighted by Crippen LogP contribution is -2.42. The normalized spacial score (nSPS) is 17.0. The molecule has 1 N–H and O–H groups in total. The van der Waals surface area contributed by atoms with E-state index in [-0.39, 0.29) is 0 Å². The van der Waals surface area contributed by atoms with Crippen molar-refractivity contribution in [2.24, 2.45) is 0 Å². The van der Waals surface area contributed by atoms with Crippen LogP contribution in [0.15, 0.2) is 24.3 Å². The fourth-order valence-corrected chi connectivity index (χ4v) is 2.89. The van der Waals surface area contributed by atoms with E-state index < -0.39 is 21.0 Å². The molecule has 116 valence electrons. The Morgan fingerprint density at radius 1 is 1.33 bits per heavy atom. The maximum atomic E-state index is 11.7. The van der Waals surface area contributed by atoms with Crippen molar-refractivity contribution in [1.82, 2.24) is 10.2 Å². The highest BCUT2D eigenvalue weighted by molar-refractivity contribution is 7.92. The monoisotopic (exact) mass is 310 g/mol. The Morgan fingerprint density at radius 3 is 2.67 bits per heavy atom. The van der Waals surface area contributed by atoms with Crippen LogP contribution in [-0.2, 0) is 27.6 Å². The molecule has 1 aliphatic heterocycles. The first-order valence-corrected chi connectivity index (χ1v) is 9.09. The second-order valence-corrected chi connectivity index (χ2v) is 7.92. The van der Waals surface area contributed by atoms with E-state index in [1.165, 1.54) is 18.1 Å². The van der Waals surface area contributed by atoms with Gasteiger partial charge in [0, 0.05) is 32.4 Å². The number of sulfone groups is 1. The number of benzene rings is 1. The second kappa shape index (κ2) is 6.58. The van der Waals surface area contributed by atoms with Crippen molar-refractivity contribution >= 4 is 15.7 Å². The Morgan fingerprint density at radius 2 is 2.00 bits per heavy atom. The van der Waals surface area contributed by atoms with E-state index in [9.17, 15) is 13.2 Å². The SMILES string of the molecule is C[C@@H](C(=O)NCCN1CCc2ccccc2C1)S(C)(=O)=O. The highest BCUT2D eigenvalue weighted by Gasteiger charge is 2.23. The molecule has 0 saturated heterocycles. The van der Waals surface area contributed by atoms with E-state index in [1.54, 1.807) is 0 Å². The lowest BCUT2D eigenvalue weighted by atomic mass is 10.00. The molecule has 0 bridgehead atoms. The molecule has 0 unspecified atom stereocenters. The molecule has 0 fully saturated rings. The molecular weight excluding hydrogens is 288 g/mol. The highest BCUT2D eigenvalue weighted by atomic mass is 32.2. The van der Waals surface area contributed by atoms with Crippen molar-refractivity contribution in [1.29, 1.82) is 0 Å². The van der Waals surface area contributed by atoms with Crippen molar-refractivity contribution in [2.45, 2.75) is 25.1 Å². The summed E-state index contributed by atoms with van der Waals surface area (Å²) in [5.41, 5.74) is 2.73. The zero-order valence-corrected chi connectivity index (χ0v) is 13.3. The molecule has 1 aliphatic rings. The maximum Gasteiger partial charge on any atom is 0.238 e. The summed E-state index contributed by atoms with van der Waals surface area (Å²) in [6.45, 7) is 4.47. The molecule has 1 aromatic rings. The number of hydrogen-bond donors (Lipinski definition) is 1. The zero-order chi connectivity index (χ0) is 15.5. The van der Waals surface area contributed by atoms with E-state index in [0.29, 0.717) is 6.54 Å². The Bertz CT molecular complexity index is 613. The molecule has 2 rings (SSSR count). The number of carbonyl (C=O) groups is 1. The van der Waals surface area contributed by atoms with Gasteiger partial charge < -0.3 is 5.32 Å². The van der Waals surface area contributed by atoms with Crippen LogP contribution in [0.25, 0.3) is 0 Å². The third kappa shape index (κ3) is 4.28. The molecule has 6 heteroatoms. The second-order valence-electron chi connectivity index (χ2n) is 5.56. The van der Waals surface area contributed by atoms with E-state index in [1.807, 2.05) is 6.07 Å². The van der Waals surface area contributed by atoms with Crippen LogP contribution in [0, 0.1) is 0 Å². The van der Waals surface area contributed by atoms with Gasteiger partial charge in [0.2, 0.25) is 5.91 Å². The Balaban J connectivity index is 1.79. The van der Waals surface area contributed by atoms with Crippen molar-refractivity contribution < 1.29 is 13.2 Å². The Kier molecular flexibility index (Phi) is 5.00. The number of nitrogens with zero attached hydrogens (tertiary/aromatic N) is 1. The number of carbonyl (C=O) groups excluding carboxylic acids is 1. The zero-order valence-electron chi connectivity index (χ0n) is 12.5. The summed E-state index contributed by atoms with van der Waals surface area (Å²) < 4.78 is 22.6. The van der Waals surface area contributed by atoms with Crippen molar-refractivity contribution in [2.75, 3.05) is 25.9 Å². The summed E-state index contributed by atoms with van der Waals surface area (Å²) in [6, 6.07) is 8.38. The smallest absolute Gasteiger partial charge is 0.238 e. The minimum absolute atomic E-state index is 0.421. The molecular formula is C15H22N2O3S. The largest absolute Gasteiger partial charge is 0.354 e. The predicted octanol–water partition coefficient (Wildman–Crippen LogP) is 0.594. The van der Waals surface area contributed by atoms with Gasteiger partial charge in [-0.25, -0.2) is 8.42 Å². The van der Waals surface area contributed by atoms with Gasteiger partial charge in [0.25, 0.3) is 0 Å². The lowest BCUT2D eigenvalue weighted by Gasteiger charge is -2.28. The van der Waals surface area contributed by atoms with Gasteiger partial charge in [0.05, 0.1) is 0 Å². The molecule has 1 amide bonds. The average Bonchev–Trinajstić information content (AvgIpc) is 2.45. The summed E-state index contributed by atoms with van der Waals surface area (Å²) in [4.78, 5) is 14.0. The van der Waals surface area contributed by atoms with Crippen LogP contribution in [0.1, 0.15) is 18.1 Å². The number of hydrogen-bond acceptors (Lipinski definition) is 4. The Labute approximate surface area is 126 Å². The standard InChI is InChI=1S/C15H22N2O3S/c1-12(21(2,19)20)15(18)16-8-10-17-9-7-13-5-3-4-6-14(13)11-17/h3-6,12H,7-11H2,1-2H3,(H,16,18)/t12-/m0/s1. The van der Waals surface area contributed by atoms with Crippen LogP contribution in [-0.4, -0.2) is 50.4 Å². The van der Waals surface area contributed by atoms with Crippen LogP contribution >= 0.6 is 0 Å². The molecule has 0 aliphatic carbocycles. The molecule has 21 heavy (non-hydrogen) atoms. The number of amides is 1. The number of rotatable bonds is 5. The topological polar surface area (TPSA) is 66.5 Å². The number of fused-ring (bicyclic) bond motifs is 1. The highest BCUT2D eigenvalue weighted by Crippen LogP contribution is 2.17. The summed E-state index contributed by atoms with van der Waals surface area (Å²) >= 11 is 0. The third-order valence-electron chi connectivity index (χ3n) is 3.95. The average molecular weight is 310 g/mol. The first-order chi connectivity index (χ1) is 9.88. The van der Waals surface area contributed by atoms with Gasteiger partial charge in [-0.1, -0.05) is 24.3 Å². The summed E-state index contributed by atoms with van der Waals surface area (Å²) in [7, 11) is -3.32. The quantitative estimate of drug-likeness (QED) is 0.864. The van der Waals surface area contributed by atoms with E-state index in [4.69, 9.17) is 0 Å². The van der Waals surface area contributed by atoms with Gasteiger partial charge in [-0.3, -0.25) is 9.69 Å². The minimum Gasteiger partial charge on any atom is -0.354 e. The molecule has 0 saturated carbocycles. The predicted molar refractivity (Wildman–Crippen MR) is 82.7 cm³/mol. The lowest BCUT2D eigenvalue weighted by molar-refractivity contribution is -0.120. The van der Waals surface area contributed by atoms with Gasteiger partial charge in [-0.15, -0.1) is 0 Å². The van der Waals surface area contributed by atoms with Crippen molar-refractivity contribution in [3.8, 4) is 0 Å². The van der Waals surface area contributed by atoms with E-state index in [2.05, 4.69) is 28.4 Å². The molecule has 1 atom stereocenters. The van der Waals surface area contributed by atoms with Crippen molar-refractivity contribution in [3.63, 3.8) is 0 Å². The van der Waals surface area contributed by atoms with Gasteiger partial charge in [0.1, 0.15) is 5.25 Å².